The van der Waals surface area contributed by atoms with E-state index in [1.807, 2.05) is 6.92 Å². The third kappa shape index (κ3) is 3.05. The number of ether oxygens (including phenoxy) is 1. The molecule has 0 aromatic heterocycles. The van der Waals surface area contributed by atoms with Crippen molar-refractivity contribution in [2.45, 2.75) is 11.8 Å². The maximum atomic E-state index is 12.3. The fraction of sp³-hybridized carbons (Fsp3) is 0.143. The van der Waals surface area contributed by atoms with Crippen molar-refractivity contribution in [3.8, 4) is 5.75 Å². The molecule has 0 aliphatic carbocycles. The lowest BCUT2D eigenvalue weighted by molar-refractivity contribution is 0.417. The lowest BCUT2D eigenvalue weighted by Crippen LogP contribution is -2.13. The van der Waals surface area contributed by atoms with E-state index in [4.69, 9.17) is 16.3 Å². The molecule has 0 saturated heterocycles. The highest BCUT2D eigenvalue weighted by atomic mass is 35.5. The molecule has 1 N–H and O–H groups in total. The van der Waals surface area contributed by atoms with E-state index in [0.29, 0.717) is 16.5 Å². The van der Waals surface area contributed by atoms with Crippen molar-refractivity contribution in [2.75, 3.05) is 11.8 Å². The molecule has 0 bridgehead atoms. The van der Waals surface area contributed by atoms with Gasteiger partial charge in [-0.15, -0.1) is 0 Å². The Kier molecular flexibility index (Phi) is 4.20. The number of benzene rings is 2. The predicted molar refractivity (Wildman–Crippen MR) is 80.0 cm³/mol. The first-order valence-corrected chi connectivity index (χ1v) is 7.72. The van der Waals surface area contributed by atoms with Gasteiger partial charge in [0.15, 0.2) is 0 Å². The maximum absolute atomic E-state index is 12.3. The number of para-hydroxylation sites is 2. The van der Waals surface area contributed by atoms with Crippen molar-refractivity contribution in [1.29, 1.82) is 0 Å². The van der Waals surface area contributed by atoms with E-state index in [0.717, 1.165) is 5.56 Å². The lowest BCUT2D eigenvalue weighted by atomic mass is 10.2. The van der Waals surface area contributed by atoms with Crippen LogP contribution < -0.4 is 9.46 Å². The zero-order chi connectivity index (χ0) is 14.8. The van der Waals surface area contributed by atoms with Crippen LogP contribution >= 0.6 is 11.6 Å². The lowest BCUT2D eigenvalue weighted by Gasteiger charge is -2.12. The van der Waals surface area contributed by atoms with Crippen LogP contribution in [-0.2, 0) is 10.0 Å². The number of halogens is 1. The van der Waals surface area contributed by atoms with Gasteiger partial charge < -0.3 is 4.74 Å². The molecule has 2 rings (SSSR count). The van der Waals surface area contributed by atoms with Crippen LogP contribution in [0.5, 0.6) is 5.75 Å². The molecular formula is C14H14ClNO3S. The first-order valence-electron chi connectivity index (χ1n) is 5.86. The summed E-state index contributed by atoms with van der Waals surface area (Å²) in [5.74, 6) is 0.453. The summed E-state index contributed by atoms with van der Waals surface area (Å²) in [6, 6.07) is 11.4. The second kappa shape index (κ2) is 5.73. The second-order valence-electron chi connectivity index (χ2n) is 4.22. The molecule has 0 radical (unpaired) electrons. The summed E-state index contributed by atoms with van der Waals surface area (Å²) in [4.78, 5) is 0.110. The maximum Gasteiger partial charge on any atom is 0.262 e. The van der Waals surface area contributed by atoms with Gasteiger partial charge in [0.05, 0.1) is 17.7 Å². The van der Waals surface area contributed by atoms with Crippen LogP contribution in [0, 0.1) is 6.92 Å². The van der Waals surface area contributed by atoms with Gasteiger partial charge in [-0.05, 0) is 36.8 Å². The first kappa shape index (κ1) is 14.7. The Bertz CT molecular complexity index is 729. The van der Waals surface area contributed by atoms with Crippen molar-refractivity contribution < 1.29 is 13.2 Å². The van der Waals surface area contributed by atoms with Crippen LogP contribution in [0.25, 0.3) is 0 Å². The normalized spacial score (nSPS) is 11.2. The third-order valence-electron chi connectivity index (χ3n) is 2.80. The molecule has 0 amide bonds. The fourth-order valence-electron chi connectivity index (χ4n) is 1.67. The molecule has 4 nitrogen and oxygen atoms in total. The van der Waals surface area contributed by atoms with Gasteiger partial charge in [-0.2, -0.15) is 0 Å². The van der Waals surface area contributed by atoms with Gasteiger partial charge in [-0.25, -0.2) is 8.42 Å². The molecule has 0 fully saturated rings. The van der Waals surface area contributed by atoms with E-state index in [2.05, 4.69) is 4.72 Å². The van der Waals surface area contributed by atoms with Gasteiger partial charge in [-0.3, -0.25) is 4.72 Å². The van der Waals surface area contributed by atoms with Crippen LogP contribution in [0.1, 0.15) is 5.56 Å². The minimum Gasteiger partial charge on any atom is -0.495 e. The van der Waals surface area contributed by atoms with Gasteiger partial charge in [0.25, 0.3) is 10.0 Å². The van der Waals surface area contributed by atoms with Crippen molar-refractivity contribution in [2.24, 2.45) is 0 Å². The van der Waals surface area contributed by atoms with Crippen LogP contribution in [0.2, 0.25) is 5.02 Å². The Morgan fingerprint density at radius 2 is 1.85 bits per heavy atom. The molecule has 0 saturated carbocycles. The predicted octanol–water partition coefficient (Wildman–Crippen LogP) is 3.46. The fourth-order valence-corrected chi connectivity index (χ4v) is 3.01. The monoisotopic (exact) mass is 311 g/mol. The Morgan fingerprint density at radius 3 is 2.50 bits per heavy atom. The van der Waals surface area contributed by atoms with Gasteiger partial charge in [0.1, 0.15) is 5.75 Å². The third-order valence-corrected chi connectivity index (χ3v) is 4.58. The van der Waals surface area contributed by atoms with Crippen molar-refractivity contribution in [3.63, 3.8) is 0 Å². The summed E-state index contributed by atoms with van der Waals surface area (Å²) in [5, 5.41) is 0.410. The SMILES string of the molecule is COc1ccccc1NS(=O)(=O)c1ccc(C)c(Cl)c1. The summed E-state index contributed by atoms with van der Waals surface area (Å²) in [7, 11) is -2.22. The number of nitrogens with one attached hydrogen (secondary N) is 1. The minimum absolute atomic E-state index is 0.110. The number of methoxy groups -OCH3 is 1. The summed E-state index contributed by atoms with van der Waals surface area (Å²) in [6.07, 6.45) is 0. The van der Waals surface area contributed by atoms with Gasteiger partial charge >= 0.3 is 0 Å². The minimum atomic E-state index is -3.70. The molecule has 0 aliphatic heterocycles. The number of hydrogen-bond acceptors (Lipinski definition) is 3. The van der Waals surface area contributed by atoms with Crippen LogP contribution in [0.3, 0.4) is 0 Å². The number of anilines is 1. The number of aryl methyl sites for hydroxylation is 1. The molecule has 106 valence electrons. The van der Waals surface area contributed by atoms with E-state index in [-0.39, 0.29) is 4.90 Å². The second-order valence-corrected chi connectivity index (χ2v) is 6.31. The molecule has 2 aromatic rings. The average Bonchev–Trinajstić information content (AvgIpc) is 2.42. The summed E-state index contributed by atoms with van der Waals surface area (Å²) in [5.41, 5.74) is 1.20. The van der Waals surface area contributed by atoms with Crippen molar-refractivity contribution >= 4 is 27.3 Å². The Hall–Kier alpha value is -1.72. The molecule has 20 heavy (non-hydrogen) atoms. The van der Waals surface area contributed by atoms with E-state index < -0.39 is 10.0 Å². The number of sulfonamides is 1. The van der Waals surface area contributed by atoms with Crippen molar-refractivity contribution in [1.82, 2.24) is 0 Å². The molecule has 0 unspecified atom stereocenters. The van der Waals surface area contributed by atoms with Gasteiger partial charge in [0.2, 0.25) is 0 Å². The summed E-state index contributed by atoms with van der Waals surface area (Å²) < 4.78 is 32.2. The molecule has 6 heteroatoms. The van der Waals surface area contributed by atoms with E-state index in [9.17, 15) is 8.42 Å². The zero-order valence-electron chi connectivity index (χ0n) is 11.1. The highest BCUT2D eigenvalue weighted by molar-refractivity contribution is 7.92. The quantitative estimate of drug-likeness (QED) is 0.940. The van der Waals surface area contributed by atoms with Crippen molar-refractivity contribution in [3.05, 3.63) is 53.1 Å². The highest BCUT2D eigenvalue weighted by Gasteiger charge is 2.17. The Morgan fingerprint density at radius 1 is 1.15 bits per heavy atom. The summed E-state index contributed by atoms with van der Waals surface area (Å²) in [6.45, 7) is 1.81. The van der Waals surface area contributed by atoms with E-state index >= 15 is 0 Å². The largest absolute Gasteiger partial charge is 0.495 e. The zero-order valence-corrected chi connectivity index (χ0v) is 12.6. The first-order chi connectivity index (χ1) is 9.44. The van der Waals surface area contributed by atoms with E-state index in [1.165, 1.54) is 19.2 Å². The topological polar surface area (TPSA) is 55.4 Å². The molecule has 0 spiro atoms. The summed E-state index contributed by atoms with van der Waals surface area (Å²) >= 11 is 5.96. The molecular weight excluding hydrogens is 298 g/mol. The molecule has 2 aromatic carbocycles. The highest BCUT2D eigenvalue weighted by Crippen LogP contribution is 2.27. The molecule has 0 heterocycles. The molecule has 0 aliphatic rings. The van der Waals surface area contributed by atoms with Gasteiger partial charge in [0, 0.05) is 5.02 Å². The van der Waals surface area contributed by atoms with Crippen LogP contribution in [-0.4, -0.2) is 15.5 Å². The number of hydrogen-bond donors (Lipinski definition) is 1. The Labute approximate surface area is 123 Å². The molecule has 0 atom stereocenters. The average molecular weight is 312 g/mol. The van der Waals surface area contributed by atoms with E-state index in [1.54, 1.807) is 30.3 Å². The smallest absolute Gasteiger partial charge is 0.262 e. The standard InChI is InChI=1S/C14H14ClNO3S/c1-10-7-8-11(9-12(10)15)20(17,18)16-13-5-3-4-6-14(13)19-2/h3-9,16H,1-2H3. The number of rotatable bonds is 4. The van der Waals surface area contributed by atoms with Crippen LogP contribution in [0.15, 0.2) is 47.4 Å². The van der Waals surface area contributed by atoms with Crippen LogP contribution in [0.4, 0.5) is 5.69 Å². The van der Waals surface area contributed by atoms with Gasteiger partial charge in [-0.1, -0.05) is 29.8 Å². The Balaban J connectivity index is 2.38.